The van der Waals surface area contributed by atoms with Crippen LogP contribution in [0.15, 0.2) is 24.3 Å². The van der Waals surface area contributed by atoms with Gasteiger partial charge in [-0.25, -0.2) is 4.39 Å². The Bertz CT molecular complexity index is 492. The minimum atomic E-state index is -0.270. The second-order valence-corrected chi connectivity index (χ2v) is 6.09. The number of aliphatic hydroxyl groups excluding tert-OH is 1. The Morgan fingerprint density at radius 1 is 1.24 bits per heavy atom. The number of nitrogens with zero attached hydrogens (tertiary/aromatic N) is 1. The molecule has 2 heterocycles. The zero-order valence-corrected chi connectivity index (χ0v) is 12.0. The van der Waals surface area contributed by atoms with Gasteiger partial charge in [-0.05, 0) is 43.4 Å². The van der Waals surface area contributed by atoms with Gasteiger partial charge in [0.25, 0.3) is 0 Å². The molecule has 2 aliphatic rings. The fourth-order valence-corrected chi connectivity index (χ4v) is 3.53. The zero-order chi connectivity index (χ0) is 14.8. The molecule has 2 saturated heterocycles. The molecule has 5 heteroatoms. The van der Waals surface area contributed by atoms with Gasteiger partial charge in [-0.2, -0.15) is 0 Å². The summed E-state index contributed by atoms with van der Waals surface area (Å²) in [5.74, 6) is -0.277. The average molecular weight is 292 g/mol. The topological polar surface area (TPSA) is 52.6 Å². The van der Waals surface area contributed by atoms with Crippen molar-refractivity contribution >= 4 is 5.91 Å². The lowest BCUT2D eigenvalue weighted by Crippen LogP contribution is -2.48. The first kappa shape index (κ1) is 14.5. The molecular weight excluding hydrogens is 271 g/mol. The second-order valence-electron chi connectivity index (χ2n) is 6.09. The molecule has 0 spiro atoms. The molecule has 3 rings (SSSR count). The van der Waals surface area contributed by atoms with Crippen LogP contribution in [0.3, 0.4) is 0 Å². The number of hydrogen-bond donors (Lipinski definition) is 2. The van der Waals surface area contributed by atoms with E-state index in [0.29, 0.717) is 25.2 Å². The molecule has 2 atom stereocenters. The molecule has 0 aromatic heterocycles. The van der Waals surface area contributed by atoms with Crippen LogP contribution in [0.25, 0.3) is 0 Å². The van der Waals surface area contributed by atoms with Gasteiger partial charge in [-0.3, -0.25) is 9.69 Å². The number of halogens is 1. The molecule has 2 unspecified atom stereocenters. The molecule has 1 aromatic rings. The lowest BCUT2D eigenvalue weighted by atomic mass is 10.00. The quantitative estimate of drug-likeness (QED) is 0.882. The number of benzene rings is 1. The van der Waals surface area contributed by atoms with E-state index in [9.17, 15) is 14.3 Å². The summed E-state index contributed by atoms with van der Waals surface area (Å²) in [4.78, 5) is 14.3. The van der Waals surface area contributed by atoms with E-state index in [-0.39, 0.29) is 17.8 Å². The third-order valence-corrected chi connectivity index (χ3v) is 4.59. The van der Waals surface area contributed by atoms with Crippen LogP contribution in [0.5, 0.6) is 0 Å². The number of nitrogens with one attached hydrogen (secondary N) is 1. The lowest BCUT2D eigenvalue weighted by Gasteiger charge is -2.36. The van der Waals surface area contributed by atoms with Gasteiger partial charge in [-0.15, -0.1) is 0 Å². The van der Waals surface area contributed by atoms with Crippen LogP contribution in [0.2, 0.25) is 0 Å². The molecule has 2 aliphatic heterocycles. The molecule has 21 heavy (non-hydrogen) atoms. The summed E-state index contributed by atoms with van der Waals surface area (Å²) in [6.45, 7) is 0.814. The molecule has 2 fully saturated rings. The first-order valence-corrected chi connectivity index (χ1v) is 7.57. The van der Waals surface area contributed by atoms with Gasteiger partial charge in [0, 0.05) is 18.6 Å². The number of piperidine rings is 1. The molecule has 2 N–H and O–H groups in total. The number of fused-ring (bicyclic) bond motifs is 2. The van der Waals surface area contributed by atoms with Gasteiger partial charge in [0.15, 0.2) is 0 Å². The summed E-state index contributed by atoms with van der Waals surface area (Å²) >= 11 is 0. The zero-order valence-electron chi connectivity index (χ0n) is 12.0. The van der Waals surface area contributed by atoms with E-state index in [4.69, 9.17) is 0 Å². The van der Waals surface area contributed by atoms with Gasteiger partial charge in [0.2, 0.25) is 5.91 Å². The number of hydrogen-bond acceptors (Lipinski definition) is 3. The van der Waals surface area contributed by atoms with Gasteiger partial charge in [0.1, 0.15) is 5.82 Å². The van der Waals surface area contributed by atoms with Crippen LogP contribution in [-0.4, -0.2) is 40.6 Å². The number of rotatable bonds is 4. The smallest absolute Gasteiger partial charge is 0.234 e. The van der Waals surface area contributed by atoms with Crippen LogP contribution in [-0.2, 0) is 11.3 Å². The summed E-state index contributed by atoms with van der Waals surface area (Å²) in [5.41, 5.74) is 0.891. The maximum atomic E-state index is 12.8. The SMILES string of the molecule is O=C(CN1C2CCC1CC(O)C2)NCc1ccc(F)cc1. The van der Waals surface area contributed by atoms with E-state index in [2.05, 4.69) is 10.2 Å². The number of carbonyl (C=O) groups excluding carboxylic acids is 1. The molecule has 1 amide bonds. The predicted molar refractivity (Wildman–Crippen MR) is 77.0 cm³/mol. The monoisotopic (exact) mass is 292 g/mol. The van der Waals surface area contributed by atoms with Gasteiger partial charge >= 0.3 is 0 Å². The van der Waals surface area contributed by atoms with Crippen LogP contribution in [0.1, 0.15) is 31.2 Å². The Kier molecular flexibility index (Phi) is 4.22. The van der Waals surface area contributed by atoms with Crippen molar-refractivity contribution in [1.82, 2.24) is 10.2 Å². The van der Waals surface area contributed by atoms with Crippen LogP contribution < -0.4 is 5.32 Å². The molecular formula is C16H21FN2O2. The van der Waals surface area contributed by atoms with Crippen molar-refractivity contribution in [2.45, 2.75) is 50.4 Å². The van der Waals surface area contributed by atoms with Crippen molar-refractivity contribution in [3.8, 4) is 0 Å². The molecule has 0 saturated carbocycles. The lowest BCUT2D eigenvalue weighted by molar-refractivity contribution is -0.124. The number of amides is 1. The highest BCUT2D eigenvalue weighted by atomic mass is 19.1. The average Bonchev–Trinajstić information content (AvgIpc) is 2.70. The third-order valence-electron chi connectivity index (χ3n) is 4.59. The highest BCUT2D eigenvalue weighted by Crippen LogP contribution is 2.35. The second kappa shape index (κ2) is 6.12. The summed E-state index contributed by atoms with van der Waals surface area (Å²) in [7, 11) is 0. The Morgan fingerprint density at radius 3 is 2.48 bits per heavy atom. The Labute approximate surface area is 124 Å². The highest BCUT2D eigenvalue weighted by Gasteiger charge is 2.40. The first-order valence-electron chi connectivity index (χ1n) is 7.57. The predicted octanol–water partition coefficient (Wildman–Crippen LogP) is 1.43. The van der Waals surface area contributed by atoms with Crippen LogP contribution >= 0.6 is 0 Å². The Balaban J connectivity index is 1.49. The van der Waals surface area contributed by atoms with Crippen LogP contribution in [0.4, 0.5) is 4.39 Å². The molecule has 4 nitrogen and oxygen atoms in total. The molecule has 0 aliphatic carbocycles. The van der Waals surface area contributed by atoms with E-state index in [1.165, 1.54) is 12.1 Å². The van der Waals surface area contributed by atoms with Crippen molar-refractivity contribution < 1.29 is 14.3 Å². The minimum Gasteiger partial charge on any atom is -0.393 e. The van der Waals surface area contributed by atoms with Gasteiger partial charge in [0.05, 0.1) is 12.6 Å². The number of aliphatic hydroxyl groups is 1. The normalized spacial score (nSPS) is 28.6. The standard InChI is InChI=1S/C16H21FN2O2/c17-12-3-1-11(2-4-12)9-18-16(21)10-19-13-5-6-14(19)8-15(20)7-13/h1-4,13-15,20H,5-10H2,(H,18,21). The van der Waals surface area contributed by atoms with E-state index in [0.717, 1.165) is 31.2 Å². The maximum absolute atomic E-state index is 12.8. The highest BCUT2D eigenvalue weighted by molar-refractivity contribution is 5.78. The van der Waals surface area contributed by atoms with E-state index >= 15 is 0 Å². The molecule has 0 radical (unpaired) electrons. The van der Waals surface area contributed by atoms with Crippen molar-refractivity contribution in [1.29, 1.82) is 0 Å². The Morgan fingerprint density at radius 2 is 1.86 bits per heavy atom. The summed E-state index contributed by atoms with van der Waals surface area (Å²) in [6, 6.07) is 6.83. The summed E-state index contributed by atoms with van der Waals surface area (Å²) < 4.78 is 12.8. The van der Waals surface area contributed by atoms with Crippen LogP contribution in [0, 0.1) is 5.82 Å². The minimum absolute atomic E-state index is 0.00684. The maximum Gasteiger partial charge on any atom is 0.234 e. The van der Waals surface area contributed by atoms with Gasteiger partial charge in [-0.1, -0.05) is 12.1 Å². The van der Waals surface area contributed by atoms with Crippen molar-refractivity contribution in [2.75, 3.05) is 6.54 Å². The molecule has 1 aromatic carbocycles. The summed E-state index contributed by atoms with van der Waals surface area (Å²) in [6.07, 6.45) is 3.50. The van der Waals surface area contributed by atoms with E-state index < -0.39 is 0 Å². The molecule has 2 bridgehead atoms. The fourth-order valence-electron chi connectivity index (χ4n) is 3.53. The van der Waals surface area contributed by atoms with Crippen molar-refractivity contribution in [3.63, 3.8) is 0 Å². The van der Waals surface area contributed by atoms with Crippen molar-refractivity contribution in [3.05, 3.63) is 35.6 Å². The summed E-state index contributed by atoms with van der Waals surface area (Å²) in [5, 5.41) is 12.6. The number of carbonyl (C=O) groups is 1. The van der Waals surface area contributed by atoms with E-state index in [1.54, 1.807) is 12.1 Å². The van der Waals surface area contributed by atoms with Gasteiger partial charge < -0.3 is 10.4 Å². The fraction of sp³-hybridized carbons (Fsp3) is 0.562. The van der Waals surface area contributed by atoms with E-state index in [1.807, 2.05) is 0 Å². The van der Waals surface area contributed by atoms with Crippen molar-refractivity contribution in [2.24, 2.45) is 0 Å². The molecule has 114 valence electrons. The third kappa shape index (κ3) is 3.41. The first-order chi connectivity index (χ1) is 10.1. The Hall–Kier alpha value is -1.46. The largest absolute Gasteiger partial charge is 0.393 e.